The molecule has 26 heavy (non-hydrogen) atoms. The number of rotatable bonds is 7. The molecule has 2 heteroatoms. The molecule has 2 nitrogen and oxygen atoms in total. The minimum atomic E-state index is -0.479. The first-order valence-electron chi connectivity index (χ1n) is 11.0. The van der Waals surface area contributed by atoms with Crippen LogP contribution >= 0.6 is 0 Å². The van der Waals surface area contributed by atoms with E-state index in [9.17, 15) is 4.79 Å². The van der Waals surface area contributed by atoms with Crippen molar-refractivity contribution in [3.05, 3.63) is 0 Å². The second kappa shape index (κ2) is 8.65. The maximum atomic E-state index is 13.5. The van der Waals surface area contributed by atoms with E-state index in [1.807, 2.05) is 0 Å². The van der Waals surface area contributed by atoms with Gasteiger partial charge in [0, 0.05) is 0 Å². The van der Waals surface area contributed by atoms with Crippen molar-refractivity contribution in [2.24, 2.45) is 22.2 Å². The zero-order chi connectivity index (χ0) is 20.2. The van der Waals surface area contributed by atoms with E-state index in [4.69, 9.17) is 4.74 Å². The van der Waals surface area contributed by atoms with Crippen molar-refractivity contribution >= 4 is 5.97 Å². The van der Waals surface area contributed by atoms with E-state index in [2.05, 4.69) is 62.3 Å². The fourth-order valence-corrected chi connectivity index (χ4v) is 4.66. The zero-order valence-electron chi connectivity index (χ0n) is 19.3. The summed E-state index contributed by atoms with van der Waals surface area (Å²) in [5, 5.41) is 0. The second-order valence-electron chi connectivity index (χ2n) is 11.3. The summed E-state index contributed by atoms with van der Waals surface area (Å²) in [6.45, 7) is 19.7. The molecule has 1 saturated carbocycles. The lowest BCUT2D eigenvalue weighted by molar-refractivity contribution is -0.184. The number of hydrogen-bond acceptors (Lipinski definition) is 2. The van der Waals surface area contributed by atoms with Gasteiger partial charge in [-0.3, -0.25) is 4.79 Å². The summed E-state index contributed by atoms with van der Waals surface area (Å²) in [4.78, 5) is 13.5. The molecule has 0 saturated heterocycles. The third-order valence-corrected chi connectivity index (χ3v) is 6.97. The van der Waals surface area contributed by atoms with Gasteiger partial charge in [-0.15, -0.1) is 0 Å². The topological polar surface area (TPSA) is 26.3 Å². The molecule has 1 aliphatic rings. The highest BCUT2D eigenvalue weighted by atomic mass is 16.6. The molecule has 0 amide bonds. The van der Waals surface area contributed by atoms with E-state index in [1.165, 1.54) is 32.1 Å². The van der Waals surface area contributed by atoms with Crippen molar-refractivity contribution in [3.8, 4) is 0 Å². The molecule has 0 spiro atoms. The van der Waals surface area contributed by atoms with E-state index in [0.29, 0.717) is 0 Å². The highest BCUT2D eigenvalue weighted by Gasteiger charge is 2.50. The summed E-state index contributed by atoms with van der Waals surface area (Å²) in [5.74, 6) is 0.736. The largest absolute Gasteiger partial charge is 0.459 e. The van der Waals surface area contributed by atoms with Crippen LogP contribution < -0.4 is 0 Å². The molecule has 1 rings (SSSR count). The fraction of sp³-hybridized carbons (Fsp3) is 0.958. The highest BCUT2D eigenvalue weighted by Crippen LogP contribution is 2.49. The van der Waals surface area contributed by atoms with Crippen LogP contribution in [-0.2, 0) is 9.53 Å². The standard InChI is InChI=1S/C24H46O2/c1-10-24(11-2,17-19-15-13-12-14-16-19)26-20(25)23(9,22(6,7)8)18-21(3,4)5/h19H,10-18H2,1-9H3. The lowest BCUT2D eigenvalue weighted by atomic mass is 9.61. The third-order valence-electron chi connectivity index (χ3n) is 6.97. The molecule has 0 bridgehead atoms. The van der Waals surface area contributed by atoms with Crippen molar-refractivity contribution < 1.29 is 9.53 Å². The smallest absolute Gasteiger partial charge is 0.312 e. The maximum Gasteiger partial charge on any atom is 0.312 e. The minimum Gasteiger partial charge on any atom is -0.459 e. The summed E-state index contributed by atoms with van der Waals surface area (Å²) in [7, 11) is 0. The van der Waals surface area contributed by atoms with Crippen molar-refractivity contribution in [2.75, 3.05) is 0 Å². The number of carbonyl (C=O) groups is 1. The minimum absolute atomic E-state index is 0.0134. The summed E-state index contributed by atoms with van der Waals surface area (Å²) in [6, 6.07) is 0. The Hall–Kier alpha value is -0.530. The zero-order valence-corrected chi connectivity index (χ0v) is 19.3. The van der Waals surface area contributed by atoms with Crippen LogP contribution in [0, 0.1) is 22.2 Å². The van der Waals surface area contributed by atoms with Crippen LogP contribution in [-0.4, -0.2) is 11.6 Å². The lowest BCUT2D eigenvalue weighted by Gasteiger charge is -2.46. The molecular weight excluding hydrogens is 320 g/mol. The van der Waals surface area contributed by atoms with Gasteiger partial charge in [0.1, 0.15) is 5.60 Å². The monoisotopic (exact) mass is 366 g/mol. The number of ether oxygens (including phenoxy) is 1. The summed E-state index contributed by atoms with van der Waals surface area (Å²) < 4.78 is 6.44. The van der Waals surface area contributed by atoms with Crippen LogP contribution in [0.5, 0.6) is 0 Å². The number of hydrogen-bond donors (Lipinski definition) is 0. The Morgan fingerprint density at radius 3 is 1.77 bits per heavy atom. The van der Waals surface area contributed by atoms with Gasteiger partial charge in [0.05, 0.1) is 5.41 Å². The van der Waals surface area contributed by atoms with Gasteiger partial charge < -0.3 is 4.74 Å². The molecule has 1 unspecified atom stereocenters. The van der Waals surface area contributed by atoms with E-state index < -0.39 is 5.41 Å². The number of esters is 1. The second-order valence-corrected chi connectivity index (χ2v) is 11.3. The van der Waals surface area contributed by atoms with E-state index >= 15 is 0 Å². The summed E-state index contributed by atoms with van der Waals surface area (Å²) in [5.41, 5.74) is -0.808. The molecule has 154 valence electrons. The predicted octanol–water partition coefficient (Wildman–Crippen LogP) is 7.55. The predicted molar refractivity (Wildman–Crippen MR) is 112 cm³/mol. The van der Waals surface area contributed by atoms with Crippen LogP contribution in [0.1, 0.15) is 120 Å². The van der Waals surface area contributed by atoms with Crippen LogP contribution in [0.4, 0.5) is 0 Å². The van der Waals surface area contributed by atoms with E-state index in [0.717, 1.165) is 31.6 Å². The van der Waals surface area contributed by atoms with Crippen LogP contribution in [0.25, 0.3) is 0 Å². The highest BCUT2D eigenvalue weighted by molar-refractivity contribution is 5.78. The SMILES string of the molecule is CCC(CC)(CC1CCCCC1)OC(=O)C(C)(CC(C)(C)C)C(C)(C)C. The molecule has 0 heterocycles. The van der Waals surface area contributed by atoms with Gasteiger partial charge in [-0.25, -0.2) is 0 Å². The average Bonchev–Trinajstić information content (AvgIpc) is 2.52. The quantitative estimate of drug-likeness (QED) is 0.435. The fourth-order valence-electron chi connectivity index (χ4n) is 4.66. The Morgan fingerprint density at radius 1 is 0.885 bits per heavy atom. The molecule has 0 N–H and O–H groups in total. The van der Waals surface area contributed by atoms with Gasteiger partial charge in [-0.2, -0.15) is 0 Å². The maximum absolute atomic E-state index is 13.5. The molecule has 0 aromatic carbocycles. The molecule has 1 aliphatic carbocycles. The summed E-state index contributed by atoms with van der Waals surface area (Å²) in [6.07, 6.45) is 10.4. The van der Waals surface area contributed by atoms with Crippen molar-refractivity contribution in [1.29, 1.82) is 0 Å². The van der Waals surface area contributed by atoms with E-state index in [-0.39, 0.29) is 22.4 Å². The van der Waals surface area contributed by atoms with Gasteiger partial charge in [0.2, 0.25) is 0 Å². The van der Waals surface area contributed by atoms with Crippen LogP contribution in [0.3, 0.4) is 0 Å². The van der Waals surface area contributed by atoms with E-state index in [1.54, 1.807) is 0 Å². The van der Waals surface area contributed by atoms with Crippen molar-refractivity contribution in [2.45, 2.75) is 126 Å². The molecule has 0 radical (unpaired) electrons. The van der Waals surface area contributed by atoms with Crippen molar-refractivity contribution in [3.63, 3.8) is 0 Å². The van der Waals surface area contributed by atoms with Crippen molar-refractivity contribution in [1.82, 2.24) is 0 Å². The number of carbonyl (C=O) groups excluding carboxylic acids is 1. The molecule has 0 aromatic heterocycles. The van der Waals surface area contributed by atoms with Gasteiger partial charge >= 0.3 is 5.97 Å². The van der Waals surface area contributed by atoms with Gasteiger partial charge in [-0.05, 0) is 49.4 Å². The van der Waals surface area contributed by atoms with Crippen LogP contribution in [0.15, 0.2) is 0 Å². The van der Waals surface area contributed by atoms with Gasteiger partial charge in [-0.1, -0.05) is 87.5 Å². The first kappa shape index (κ1) is 23.5. The first-order chi connectivity index (χ1) is 11.8. The summed E-state index contributed by atoms with van der Waals surface area (Å²) >= 11 is 0. The molecule has 0 aromatic rings. The Labute approximate surface area is 163 Å². The molecule has 1 atom stereocenters. The lowest BCUT2D eigenvalue weighted by Crippen LogP contribution is -2.48. The Bertz CT molecular complexity index is 442. The Morgan fingerprint density at radius 2 is 1.38 bits per heavy atom. The van der Waals surface area contributed by atoms with Gasteiger partial charge in [0.25, 0.3) is 0 Å². The van der Waals surface area contributed by atoms with Crippen LogP contribution in [0.2, 0.25) is 0 Å². The Kier molecular flexibility index (Phi) is 7.82. The molecular formula is C24H46O2. The molecule has 1 fully saturated rings. The average molecular weight is 367 g/mol. The van der Waals surface area contributed by atoms with Gasteiger partial charge in [0.15, 0.2) is 0 Å². The normalized spacial score (nSPS) is 19.9. The molecule has 0 aliphatic heterocycles. The third kappa shape index (κ3) is 5.99. The first-order valence-corrected chi connectivity index (χ1v) is 11.0. The Balaban J connectivity index is 3.04.